The van der Waals surface area contributed by atoms with Gasteiger partial charge in [-0.1, -0.05) is 0 Å². The minimum atomic E-state index is -0.683. The molecule has 1 aliphatic carbocycles. The Hall–Kier alpha value is -3.70. The van der Waals surface area contributed by atoms with E-state index in [2.05, 4.69) is 9.97 Å². The van der Waals surface area contributed by atoms with Crippen molar-refractivity contribution in [3.63, 3.8) is 0 Å². The van der Waals surface area contributed by atoms with Crippen LogP contribution in [0.15, 0.2) is 48.8 Å². The van der Waals surface area contributed by atoms with Crippen LogP contribution in [-0.4, -0.2) is 46.0 Å². The van der Waals surface area contributed by atoms with Crippen molar-refractivity contribution in [3.8, 4) is 11.5 Å². The second kappa shape index (κ2) is 10.2. The number of ketones is 2. The fourth-order valence-electron chi connectivity index (χ4n) is 4.36. The van der Waals surface area contributed by atoms with E-state index in [1.54, 1.807) is 52.5 Å². The lowest BCUT2D eigenvalue weighted by Gasteiger charge is -2.11. The molecule has 1 aromatic carbocycles. The number of hydrogen-bond acceptors (Lipinski definition) is 10. The van der Waals surface area contributed by atoms with Crippen molar-refractivity contribution in [2.75, 3.05) is 14.2 Å². The average molecular weight is 549 g/mol. The predicted octanol–water partition coefficient (Wildman–Crippen LogP) is 5.49. The zero-order valence-electron chi connectivity index (χ0n) is 21.0. The van der Waals surface area contributed by atoms with Gasteiger partial charge in [0.25, 0.3) is 0 Å². The lowest BCUT2D eigenvalue weighted by atomic mass is 9.92. The molecule has 0 amide bonds. The highest BCUT2D eigenvalue weighted by molar-refractivity contribution is 7.19. The van der Waals surface area contributed by atoms with Crippen LogP contribution in [-0.2, 0) is 0 Å². The van der Waals surface area contributed by atoms with Crippen molar-refractivity contribution in [3.05, 3.63) is 80.2 Å². The van der Waals surface area contributed by atoms with Crippen molar-refractivity contribution >= 4 is 55.2 Å². The predicted molar refractivity (Wildman–Crippen MR) is 147 cm³/mol. The van der Waals surface area contributed by atoms with Gasteiger partial charge in [0, 0.05) is 38.5 Å². The third-order valence-corrected chi connectivity index (χ3v) is 8.78. The molecule has 0 aliphatic heterocycles. The largest absolute Gasteiger partial charge is 0.495 e. The molecule has 8 nitrogen and oxygen atoms in total. The van der Waals surface area contributed by atoms with Crippen molar-refractivity contribution in [2.45, 2.75) is 26.1 Å². The van der Waals surface area contributed by atoms with Gasteiger partial charge in [-0.3, -0.25) is 19.6 Å². The van der Waals surface area contributed by atoms with E-state index >= 15 is 0 Å². The molecule has 0 saturated carbocycles. The number of rotatable bonds is 4. The van der Waals surface area contributed by atoms with Gasteiger partial charge < -0.3 is 19.7 Å². The number of nitrogens with zero attached hydrogens (tertiary/aromatic N) is 2. The Morgan fingerprint density at radius 2 is 1.45 bits per heavy atom. The first kappa shape index (κ1) is 25.9. The molecular weight excluding hydrogens is 524 g/mol. The van der Waals surface area contributed by atoms with Crippen molar-refractivity contribution in [1.82, 2.24) is 9.97 Å². The number of carbonyl (C=O) groups is 2. The quantitative estimate of drug-likeness (QED) is 0.297. The van der Waals surface area contributed by atoms with Crippen LogP contribution < -0.4 is 9.47 Å². The number of hydrogen-bond donors (Lipinski definition) is 2. The third-order valence-electron chi connectivity index (χ3n) is 6.17. The average Bonchev–Trinajstić information content (AvgIpc) is 3.57. The van der Waals surface area contributed by atoms with Gasteiger partial charge in [0.15, 0.2) is 11.5 Å². The molecule has 4 heterocycles. The summed E-state index contributed by atoms with van der Waals surface area (Å²) in [6.07, 6.45) is 2.03. The van der Waals surface area contributed by atoms with Crippen LogP contribution in [0.4, 0.5) is 0 Å². The van der Waals surface area contributed by atoms with E-state index in [0.717, 1.165) is 48.7 Å². The lowest BCUT2D eigenvalue weighted by molar-refractivity contribution is 0.0978. The molecule has 0 radical (unpaired) electrons. The second-order valence-electron chi connectivity index (χ2n) is 8.66. The highest BCUT2D eigenvalue weighted by Gasteiger charge is 2.33. The molecule has 2 atom stereocenters. The van der Waals surface area contributed by atoms with Crippen LogP contribution in [0.1, 0.15) is 67.1 Å². The first-order valence-electron chi connectivity index (χ1n) is 11.7. The molecule has 2 N–H and O–H groups in total. The number of fused-ring (bicyclic) bond motifs is 4. The Balaban J connectivity index is 0.000000156. The van der Waals surface area contributed by atoms with E-state index in [1.165, 1.54) is 17.5 Å². The summed E-state index contributed by atoms with van der Waals surface area (Å²) in [7, 11) is 3.28. The van der Waals surface area contributed by atoms with Gasteiger partial charge in [-0.2, -0.15) is 0 Å². The van der Waals surface area contributed by atoms with Crippen molar-refractivity contribution in [1.29, 1.82) is 0 Å². The summed E-state index contributed by atoms with van der Waals surface area (Å²) in [4.78, 5) is 34.7. The van der Waals surface area contributed by atoms with Gasteiger partial charge in [-0.25, -0.2) is 0 Å². The van der Waals surface area contributed by atoms with Crippen LogP contribution in [0.3, 0.4) is 0 Å². The molecule has 0 spiro atoms. The minimum absolute atomic E-state index is 0.198. The fourth-order valence-corrected chi connectivity index (χ4v) is 6.51. The number of methoxy groups -OCH3 is 2. The summed E-state index contributed by atoms with van der Waals surface area (Å²) in [5, 5.41) is 21.2. The van der Waals surface area contributed by atoms with Gasteiger partial charge in [0.1, 0.15) is 17.0 Å². The zero-order chi connectivity index (χ0) is 27.1. The SMILES string of the molecule is CC(O)c1cc2c(s1)C(=O)c1ncccc1C2=O.COc1c2cccnc2c(OC)c2sc(C(C)O)cc12. The Labute approximate surface area is 226 Å². The number of carbonyl (C=O) groups excluding carboxylic acids is 2. The topological polar surface area (TPSA) is 119 Å². The van der Waals surface area contributed by atoms with Gasteiger partial charge >= 0.3 is 0 Å². The van der Waals surface area contributed by atoms with E-state index in [-0.39, 0.29) is 17.3 Å². The van der Waals surface area contributed by atoms with Gasteiger partial charge in [0.05, 0.1) is 41.6 Å². The maximum Gasteiger partial charge on any atom is 0.222 e. The monoisotopic (exact) mass is 548 g/mol. The smallest absolute Gasteiger partial charge is 0.222 e. The summed E-state index contributed by atoms with van der Waals surface area (Å²) >= 11 is 2.66. The summed E-state index contributed by atoms with van der Waals surface area (Å²) in [5.41, 5.74) is 1.69. The van der Waals surface area contributed by atoms with Crippen LogP contribution >= 0.6 is 22.7 Å². The maximum absolute atomic E-state index is 12.2. The molecule has 4 aromatic heterocycles. The van der Waals surface area contributed by atoms with Gasteiger partial charge in [0.2, 0.25) is 5.78 Å². The highest BCUT2D eigenvalue weighted by Crippen LogP contribution is 2.46. The molecule has 0 bridgehead atoms. The molecule has 38 heavy (non-hydrogen) atoms. The van der Waals surface area contributed by atoms with Gasteiger partial charge in [-0.15, -0.1) is 22.7 Å². The first-order chi connectivity index (χ1) is 18.3. The molecule has 194 valence electrons. The van der Waals surface area contributed by atoms with Crippen LogP contribution in [0.25, 0.3) is 21.0 Å². The molecule has 2 unspecified atom stereocenters. The zero-order valence-corrected chi connectivity index (χ0v) is 22.6. The highest BCUT2D eigenvalue weighted by atomic mass is 32.1. The number of ether oxygens (including phenoxy) is 2. The van der Waals surface area contributed by atoms with E-state index in [4.69, 9.17) is 9.47 Å². The third kappa shape index (κ3) is 4.25. The number of thiophene rings is 2. The Morgan fingerprint density at radius 3 is 2.13 bits per heavy atom. The van der Waals surface area contributed by atoms with Crippen molar-refractivity contribution in [2.24, 2.45) is 0 Å². The lowest BCUT2D eigenvalue weighted by Crippen LogP contribution is -2.19. The summed E-state index contributed by atoms with van der Waals surface area (Å²) in [5.74, 6) is 1.06. The fraction of sp³-hybridized carbons (Fsp3) is 0.214. The minimum Gasteiger partial charge on any atom is -0.495 e. The molecule has 0 fully saturated rings. The maximum atomic E-state index is 12.2. The number of benzene rings is 1. The normalized spacial score (nSPS) is 13.9. The van der Waals surface area contributed by atoms with Crippen LogP contribution in [0, 0.1) is 0 Å². The first-order valence-corrected chi connectivity index (χ1v) is 13.4. The van der Waals surface area contributed by atoms with E-state index in [0.29, 0.717) is 20.9 Å². The summed E-state index contributed by atoms with van der Waals surface area (Å²) < 4.78 is 12.1. The Kier molecular flexibility index (Phi) is 6.97. The molecular formula is C28H24N2O6S2. The van der Waals surface area contributed by atoms with Crippen LogP contribution in [0.5, 0.6) is 11.5 Å². The molecule has 1 aliphatic rings. The standard InChI is InChI=1S/C15H15NO3S.C13H9NO3S/c1-8(17)11-7-10-13(18-2)9-5-4-6-16-12(9)14(19-3)15(10)20-11;1-6(15)9-5-8-11(16)7-3-2-4-14-10(7)12(17)13(8)18-9/h4-8,17H,1-3H3;2-6,15H,1H3. The summed E-state index contributed by atoms with van der Waals surface area (Å²) in [6.45, 7) is 3.36. The van der Waals surface area contributed by atoms with E-state index < -0.39 is 12.2 Å². The Bertz CT molecular complexity index is 1590. The van der Waals surface area contributed by atoms with E-state index in [9.17, 15) is 19.8 Å². The van der Waals surface area contributed by atoms with Gasteiger partial charge in [-0.05, 0) is 50.2 Å². The van der Waals surface area contributed by atoms with Crippen LogP contribution in [0.2, 0.25) is 0 Å². The number of aliphatic hydroxyl groups is 2. The number of aromatic nitrogens is 2. The molecule has 5 aromatic rings. The molecule has 6 rings (SSSR count). The number of pyridine rings is 2. The molecule has 0 saturated heterocycles. The second-order valence-corrected chi connectivity index (χ2v) is 10.8. The summed E-state index contributed by atoms with van der Waals surface area (Å²) in [6, 6.07) is 10.6. The number of aliphatic hydroxyl groups excluding tert-OH is 2. The molecule has 10 heteroatoms. The Morgan fingerprint density at radius 1 is 0.789 bits per heavy atom. The van der Waals surface area contributed by atoms with E-state index in [1.807, 2.05) is 18.2 Å². The van der Waals surface area contributed by atoms with Crippen molar-refractivity contribution < 1.29 is 29.3 Å².